The van der Waals surface area contributed by atoms with Gasteiger partial charge >= 0.3 is 0 Å². The minimum Gasteiger partial charge on any atom is -0.377 e. The lowest BCUT2D eigenvalue weighted by atomic mass is 10.1. The number of thiophene rings is 1. The first-order valence-corrected chi connectivity index (χ1v) is 8.53. The van der Waals surface area contributed by atoms with Crippen LogP contribution in [-0.2, 0) is 4.79 Å². The molecule has 3 nitrogen and oxygen atoms in total. The van der Waals surface area contributed by atoms with Crippen LogP contribution < -0.4 is 10.6 Å². The van der Waals surface area contributed by atoms with Crippen LogP contribution in [-0.4, -0.2) is 5.91 Å². The third-order valence-corrected chi connectivity index (χ3v) is 5.13. The standard InChI is InChI=1S/C16H19BrN2OS/c1-4-16(20)19-13-7-5-6-12(10(13)2)18-11(3)14-8-9-15(17)21-14/h5-9,11,18H,4H2,1-3H3,(H,19,20). The second-order valence-electron chi connectivity index (χ2n) is 4.89. The maximum Gasteiger partial charge on any atom is 0.224 e. The molecule has 0 saturated heterocycles. The molecule has 0 aliphatic heterocycles. The van der Waals surface area contributed by atoms with Gasteiger partial charge in [0.25, 0.3) is 0 Å². The monoisotopic (exact) mass is 366 g/mol. The van der Waals surface area contributed by atoms with Gasteiger partial charge in [-0.05, 0) is 59.6 Å². The Balaban J connectivity index is 2.16. The van der Waals surface area contributed by atoms with Gasteiger partial charge in [-0.2, -0.15) is 0 Å². The molecule has 5 heteroatoms. The lowest BCUT2D eigenvalue weighted by Crippen LogP contribution is -2.12. The van der Waals surface area contributed by atoms with E-state index in [-0.39, 0.29) is 11.9 Å². The van der Waals surface area contributed by atoms with Gasteiger partial charge in [0.1, 0.15) is 0 Å². The summed E-state index contributed by atoms with van der Waals surface area (Å²) in [6.45, 7) is 6.00. The number of amides is 1. The predicted octanol–water partition coefficient (Wildman–Crippen LogP) is 5.34. The normalized spacial score (nSPS) is 12.0. The van der Waals surface area contributed by atoms with Crippen molar-refractivity contribution >= 4 is 44.5 Å². The van der Waals surface area contributed by atoms with Crippen molar-refractivity contribution in [1.29, 1.82) is 0 Å². The molecule has 1 heterocycles. The zero-order valence-corrected chi connectivity index (χ0v) is 14.8. The topological polar surface area (TPSA) is 41.1 Å². The van der Waals surface area contributed by atoms with Gasteiger partial charge in [-0.15, -0.1) is 11.3 Å². The van der Waals surface area contributed by atoms with Crippen LogP contribution in [0.4, 0.5) is 11.4 Å². The van der Waals surface area contributed by atoms with Crippen molar-refractivity contribution in [3.63, 3.8) is 0 Å². The van der Waals surface area contributed by atoms with Gasteiger partial charge in [-0.3, -0.25) is 4.79 Å². The molecule has 112 valence electrons. The first-order valence-electron chi connectivity index (χ1n) is 6.92. The Morgan fingerprint density at radius 3 is 2.62 bits per heavy atom. The number of carbonyl (C=O) groups excluding carboxylic acids is 1. The highest BCUT2D eigenvalue weighted by molar-refractivity contribution is 9.11. The van der Waals surface area contributed by atoms with Crippen LogP contribution in [0, 0.1) is 6.92 Å². The molecule has 2 rings (SSSR count). The Bertz CT molecular complexity index is 639. The van der Waals surface area contributed by atoms with Gasteiger partial charge in [-0.1, -0.05) is 13.0 Å². The maximum atomic E-state index is 11.6. The van der Waals surface area contributed by atoms with Gasteiger partial charge in [0.05, 0.1) is 9.83 Å². The van der Waals surface area contributed by atoms with Gasteiger partial charge in [-0.25, -0.2) is 0 Å². The molecule has 0 fully saturated rings. The van der Waals surface area contributed by atoms with Crippen LogP contribution in [0.3, 0.4) is 0 Å². The summed E-state index contributed by atoms with van der Waals surface area (Å²) in [4.78, 5) is 12.8. The van der Waals surface area contributed by atoms with Crippen molar-refractivity contribution in [3.05, 3.63) is 44.6 Å². The Kier molecular flexibility index (Phi) is 5.42. The predicted molar refractivity (Wildman–Crippen MR) is 94.2 cm³/mol. The molecule has 0 spiro atoms. The molecule has 2 N–H and O–H groups in total. The summed E-state index contributed by atoms with van der Waals surface area (Å²) in [5.74, 6) is 0.0329. The fraction of sp³-hybridized carbons (Fsp3) is 0.312. The van der Waals surface area contributed by atoms with E-state index in [4.69, 9.17) is 0 Å². The Labute approximate surface area is 137 Å². The summed E-state index contributed by atoms with van der Waals surface area (Å²) in [7, 11) is 0. The molecule has 1 aromatic carbocycles. The molecule has 1 amide bonds. The van der Waals surface area contributed by atoms with Crippen molar-refractivity contribution in [2.45, 2.75) is 33.2 Å². The van der Waals surface area contributed by atoms with Crippen molar-refractivity contribution < 1.29 is 4.79 Å². The molecule has 1 aromatic heterocycles. The number of nitrogens with one attached hydrogen (secondary N) is 2. The van der Waals surface area contributed by atoms with Gasteiger partial charge in [0.15, 0.2) is 0 Å². The van der Waals surface area contributed by atoms with E-state index < -0.39 is 0 Å². The molecule has 0 saturated carbocycles. The SMILES string of the molecule is CCC(=O)Nc1cccc(NC(C)c2ccc(Br)s2)c1C. The fourth-order valence-electron chi connectivity index (χ4n) is 2.03. The number of anilines is 2. The lowest BCUT2D eigenvalue weighted by Gasteiger charge is -2.18. The van der Waals surface area contributed by atoms with E-state index in [0.29, 0.717) is 6.42 Å². The van der Waals surface area contributed by atoms with Crippen LogP contribution in [0.1, 0.15) is 36.8 Å². The Morgan fingerprint density at radius 1 is 1.29 bits per heavy atom. The largest absolute Gasteiger partial charge is 0.377 e. The average molecular weight is 367 g/mol. The summed E-state index contributed by atoms with van der Waals surface area (Å²) >= 11 is 5.21. The van der Waals surface area contributed by atoms with E-state index >= 15 is 0 Å². The molecule has 0 aliphatic rings. The lowest BCUT2D eigenvalue weighted by molar-refractivity contribution is -0.115. The van der Waals surface area contributed by atoms with E-state index in [1.807, 2.05) is 32.0 Å². The van der Waals surface area contributed by atoms with Gasteiger partial charge < -0.3 is 10.6 Å². The van der Waals surface area contributed by atoms with Crippen LogP contribution in [0.25, 0.3) is 0 Å². The summed E-state index contributed by atoms with van der Waals surface area (Å²) in [5.41, 5.74) is 2.97. The second-order valence-corrected chi connectivity index (χ2v) is 7.38. The highest BCUT2D eigenvalue weighted by Gasteiger charge is 2.11. The van der Waals surface area contributed by atoms with Crippen molar-refractivity contribution in [1.82, 2.24) is 0 Å². The van der Waals surface area contributed by atoms with Gasteiger partial charge in [0.2, 0.25) is 5.91 Å². The zero-order valence-electron chi connectivity index (χ0n) is 12.4. The smallest absolute Gasteiger partial charge is 0.224 e. The molecular formula is C16H19BrN2OS. The summed E-state index contributed by atoms with van der Waals surface area (Å²) < 4.78 is 1.13. The molecule has 0 bridgehead atoms. The third kappa shape index (κ3) is 4.08. The van der Waals surface area contributed by atoms with E-state index in [2.05, 4.69) is 45.6 Å². The van der Waals surface area contributed by atoms with E-state index in [0.717, 1.165) is 20.7 Å². The highest BCUT2D eigenvalue weighted by atomic mass is 79.9. The molecule has 0 aliphatic carbocycles. The average Bonchev–Trinajstić information content (AvgIpc) is 2.89. The quantitative estimate of drug-likeness (QED) is 0.749. The van der Waals surface area contributed by atoms with Crippen LogP contribution in [0.15, 0.2) is 34.1 Å². The fourth-order valence-corrected chi connectivity index (χ4v) is 3.46. The molecule has 0 radical (unpaired) electrons. The minimum atomic E-state index is 0.0329. The first kappa shape index (κ1) is 16.0. The van der Waals surface area contributed by atoms with Crippen LogP contribution in [0.2, 0.25) is 0 Å². The molecule has 2 aromatic rings. The maximum absolute atomic E-state index is 11.6. The summed E-state index contributed by atoms with van der Waals surface area (Å²) in [6, 6.07) is 10.3. The van der Waals surface area contributed by atoms with Gasteiger partial charge in [0, 0.05) is 22.7 Å². The molecule has 1 atom stereocenters. The Hall–Kier alpha value is -1.33. The molecular weight excluding hydrogens is 348 g/mol. The first-order chi connectivity index (χ1) is 10.0. The minimum absolute atomic E-state index is 0.0329. The number of hydrogen-bond acceptors (Lipinski definition) is 3. The van der Waals surface area contributed by atoms with Crippen LogP contribution in [0.5, 0.6) is 0 Å². The number of hydrogen-bond donors (Lipinski definition) is 2. The van der Waals surface area contributed by atoms with Crippen molar-refractivity contribution in [3.8, 4) is 0 Å². The summed E-state index contributed by atoms with van der Waals surface area (Å²) in [6.07, 6.45) is 0.483. The number of halogens is 1. The van der Waals surface area contributed by atoms with E-state index in [1.165, 1.54) is 4.88 Å². The molecule has 21 heavy (non-hydrogen) atoms. The van der Waals surface area contributed by atoms with E-state index in [1.54, 1.807) is 11.3 Å². The number of rotatable bonds is 5. The third-order valence-electron chi connectivity index (χ3n) is 3.32. The van der Waals surface area contributed by atoms with Crippen molar-refractivity contribution in [2.75, 3.05) is 10.6 Å². The second kappa shape index (κ2) is 7.09. The number of benzene rings is 1. The summed E-state index contributed by atoms with van der Waals surface area (Å²) in [5, 5.41) is 6.44. The van der Waals surface area contributed by atoms with E-state index in [9.17, 15) is 4.79 Å². The number of carbonyl (C=O) groups is 1. The zero-order chi connectivity index (χ0) is 15.4. The Morgan fingerprint density at radius 2 is 2.00 bits per heavy atom. The van der Waals surface area contributed by atoms with Crippen LogP contribution >= 0.6 is 27.3 Å². The van der Waals surface area contributed by atoms with Crippen molar-refractivity contribution in [2.24, 2.45) is 0 Å². The highest BCUT2D eigenvalue weighted by Crippen LogP contribution is 2.31. The molecule has 1 unspecified atom stereocenters.